The Hall–Kier alpha value is -1.36. The molecule has 1 heterocycles. The first-order valence-electron chi connectivity index (χ1n) is 2.15. The van der Waals surface area contributed by atoms with Crippen LogP contribution in [0.2, 0.25) is 0 Å². The highest BCUT2D eigenvalue weighted by atomic mass is 14.7. The number of nitriles is 1. The van der Waals surface area contributed by atoms with Gasteiger partial charge in [-0.15, -0.1) is 0 Å². The fourth-order valence-corrected chi connectivity index (χ4v) is 0.386. The lowest BCUT2D eigenvalue weighted by Crippen LogP contribution is -1.75. The van der Waals surface area contributed by atoms with Crippen LogP contribution in [-0.4, -0.2) is 4.98 Å². The number of hydrogen-bond donors (Lipinski definition) is 0. The molecule has 0 unspecified atom stereocenters. The number of aromatic nitrogens is 1. The Bertz CT molecular complexity index is 198. The van der Waals surface area contributed by atoms with E-state index >= 15 is 0 Å². The fraction of sp³-hybridized carbons (Fsp3) is 0. The molecule has 0 atom stereocenters. The summed E-state index contributed by atoms with van der Waals surface area (Å²) in [5.41, 5.74) is 0.410. The zero-order valence-corrected chi connectivity index (χ0v) is 4.13. The molecule has 0 saturated carbocycles. The van der Waals surface area contributed by atoms with E-state index in [1.165, 1.54) is 0 Å². The first-order chi connectivity index (χ1) is 3.93. The molecular formula is C6H3N2. The lowest BCUT2D eigenvalue weighted by Gasteiger charge is -1.78. The molecule has 1 radical (unpaired) electrons. The fourth-order valence-electron chi connectivity index (χ4n) is 0.386. The topological polar surface area (TPSA) is 36.7 Å². The summed E-state index contributed by atoms with van der Waals surface area (Å²) < 4.78 is 0. The van der Waals surface area contributed by atoms with E-state index in [0.29, 0.717) is 5.69 Å². The Morgan fingerprint density at radius 1 is 1.75 bits per heavy atom. The van der Waals surface area contributed by atoms with Gasteiger partial charge in [-0.05, 0) is 18.2 Å². The zero-order chi connectivity index (χ0) is 5.82. The number of hydrogen-bond acceptors (Lipinski definition) is 2. The van der Waals surface area contributed by atoms with Crippen molar-refractivity contribution in [3.8, 4) is 6.07 Å². The summed E-state index contributed by atoms with van der Waals surface area (Å²) >= 11 is 0. The van der Waals surface area contributed by atoms with E-state index in [1.54, 1.807) is 18.3 Å². The van der Waals surface area contributed by atoms with Gasteiger partial charge in [0.15, 0.2) is 0 Å². The maximum atomic E-state index is 8.21. The minimum absolute atomic E-state index is 0.410. The van der Waals surface area contributed by atoms with Crippen LogP contribution in [0.3, 0.4) is 0 Å². The van der Waals surface area contributed by atoms with Crippen LogP contribution in [0.5, 0.6) is 0 Å². The average molecular weight is 103 g/mol. The van der Waals surface area contributed by atoms with Gasteiger partial charge in [0.1, 0.15) is 11.8 Å². The summed E-state index contributed by atoms with van der Waals surface area (Å²) in [4.78, 5) is 3.70. The molecule has 1 aromatic rings. The normalized spacial score (nSPS) is 7.88. The predicted octanol–water partition coefficient (Wildman–Crippen LogP) is 0.753. The van der Waals surface area contributed by atoms with Crippen molar-refractivity contribution in [2.24, 2.45) is 0 Å². The number of rotatable bonds is 0. The molecule has 1 aromatic heterocycles. The molecule has 0 fully saturated rings. The quantitative estimate of drug-likeness (QED) is 0.486. The van der Waals surface area contributed by atoms with Crippen LogP contribution in [0, 0.1) is 17.4 Å². The van der Waals surface area contributed by atoms with Crippen molar-refractivity contribution in [2.45, 2.75) is 0 Å². The van der Waals surface area contributed by atoms with Gasteiger partial charge in [-0.1, -0.05) is 0 Å². The average Bonchev–Trinajstić information content (AvgIpc) is 1.90. The molecule has 0 saturated heterocycles. The summed E-state index contributed by atoms with van der Waals surface area (Å²) in [6.45, 7) is 0. The van der Waals surface area contributed by atoms with E-state index in [9.17, 15) is 0 Å². The predicted molar refractivity (Wildman–Crippen MR) is 27.8 cm³/mol. The first-order valence-corrected chi connectivity index (χ1v) is 2.15. The maximum Gasteiger partial charge on any atom is 0.141 e. The van der Waals surface area contributed by atoms with Gasteiger partial charge in [-0.3, -0.25) is 0 Å². The van der Waals surface area contributed by atoms with E-state index in [-0.39, 0.29) is 0 Å². The monoisotopic (exact) mass is 103 g/mol. The van der Waals surface area contributed by atoms with E-state index in [2.05, 4.69) is 11.1 Å². The van der Waals surface area contributed by atoms with E-state index in [0.717, 1.165) is 0 Å². The first kappa shape index (κ1) is 4.79. The van der Waals surface area contributed by atoms with E-state index < -0.39 is 0 Å². The molecule has 0 amide bonds. The SMILES string of the molecule is N#Cc1c[c]ccn1. The van der Waals surface area contributed by atoms with Crippen LogP contribution in [0.4, 0.5) is 0 Å². The molecule has 0 bridgehead atoms. The molecule has 0 aliphatic heterocycles. The van der Waals surface area contributed by atoms with Crippen molar-refractivity contribution in [2.75, 3.05) is 0 Å². The minimum atomic E-state index is 0.410. The lowest BCUT2D eigenvalue weighted by atomic mass is 10.4. The second-order valence-corrected chi connectivity index (χ2v) is 1.25. The molecule has 0 aliphatic rings. The van der Waals surface area contributed by atoms with Crippen molar-refractivity contribution in [3.05, 3.63) is 30.1 Å². The Morgan fingerprint density at radius 2 is 2.62 bits per heavy atom. The highest BCUT2D eigenvalue weighted by Gasteiger charge is 1.81. The highest BCUT2D eigenvalue weighted by Crippen LogP contribution is 1.86. The van der Waals surface area contributed by atoms with Gasteiger partial charge in [-0.25, -0.2) is 4.98 Å². The van der Waals surface area contributed by atoms with Crippen LogP contribution in [0.15, 0.2) is 18.3 Å². The minimum Gasteiger partial charge on any atom is -0.246 e. The van der Waals surface area contributed by atoms with E-state index in [1.807, 2.05) is 6.07 Å². The lowest BCUT2D eigenvalue weighted by molar-refractivity contribution is 1.26. The summed E-state index contributed by atoms with van der Waals surface area (Å²) in [7, 11) is 0. The van der Waals surface area contributed by atoms with E-state index in [4.69, 9.17) is 5.26 Å². The summed E-state index contributed by atoms with van der Waals surface area (Å²) in [5, 5.41) is 8.21. The second kappa shape index (κ2) is 2.08. The molecule has 0 N–H and O–H groups in total. The smallest absolute Gasteiger partial charge is 0.141 e. The van der Waals surface area contributed by atoms with Crippen molar-refractivity contribution in [1.29, 1.82) is 5.26 Å². The number of nitrogens with zero attached hydrogens (tertiary/aromatic N) is 2. The van der Waals surface area contributed by atoms with Gasteiger partial charge in [0.25, 0.3) is 0 Å². The third-order valence-electron chi connectivity index (χ3n) is 0.719. The van der Waals surface area contributed by atoms with Crippen LogP contribution >= 0.6 is 0 Å². The van der Waals surface area contributed by atoms with Crippen LogP contribution in [0.25, 0.3) is 0 Å². The third-order valence-corrected chi connectivity index (χ3v) is 0.719. The largest absolute Gasteiger partial charge is 0.246 e. The van der Waals surface area contributed by atoms with Crippen LogP contribution < -0.4 is 0 Å². The standard InChI is InChI=1S/C6H3N2/c7-5-6-3-1-2-4-8-6/h2-4H. The molecule has 2 heteroatoms. The summed E-state index contributed by atoms with van der Waals surface area (Å²) in [6, 6.07) is 7.81. The summed E-state index contributed by atoms with van der Waals surface area (Å²) in [6.07, 6.45) is 1.54. The maximum absolute atomic E-state index is 8.21. The van der Waals surface area contributed by atoms with Gasteiger partial charge in [-0.2, -0.15) is 5.26 Å². The molecule has 0 aliphatic carbocycles. The molecule has 8 heavy (non-hydrogen) atoms. The van der Waals surface area contributed by atoms with Crippen molar-refractivity contribution < 1.29 is 0 Å². The van der Waals surface area contributed by atoms with Crippen LogP contribution in [-0.2, 0) is 0 Å². The Labute approximate surface area is 47.4 Å². The molecule has 0 aromatic carbocycles. The van der Waals surface area contributed by atoms with Gasteiger partial charge in [0.05, 0.1) is 0 Å². The highest BCUT2D eigenvalue weighted by molar-refractivity contribution is 5.17. The van der Waals surface area contributed by atoms with Crippen molar-refractivity contribution in [3.63, 3.8) is 0 Å². The van der Waals surface area contributed by atoms with Crippen molar-refractivity contribution >= 4 is 0 Å². The van der Waals surface area contributed by atoms with Gasteiger partial charge in [0.2, 0.25) is 0 Å². The van der Waals surface area contributed by atoms with Crippen LogP contribution in [0.1, 0.15) is 5.69 Å². The molecule has 37 valence electrons. The molecular weight excluding hydrogens is 100 g/mol. The van der Waals surface area contributed by atoms with Gasteiger partial charge >= 0.3 is 0 Å². The van der Waals surface area contributed by atoms with Gasteiger partial charge in [0, 0.05) is 6.20 Å². The zero-order valence-electron chi connectivity index (χ0n) is 4.13. The Balaban J connectivity index is 3.05. The van der Waals surface area contributed by atoms with Gasteiger partial charge < -0.3 is 0 Å². The third kappa shape index (κ3) is 0.824. The van der Waals surface area contributed by atoms with Crippen molar-refractivity contribution in [1.82, 2.24) is 4.98 Å². The molecule has 0 spiro atoms. The Kier molecular flexibility index (Phi) is 1.25. The summed E-state index contributed by atoms with van der Waals surface area (Å²) in [5.74, 6) is 0. The Morgan fingerprint density at radius 3 is 3.00 bits per heavy atom. The molecule has 1 rings (SSSR count). The molecule has 2 nitrogen and oxygen atoms in total. The number of pyridine rings is 1. The second-order valence-electron chi connectivity index (χ2n) is 1.25.